The molecule has 0 aliphatic carbocycles. The molecule has 5 rings (SSSR count). The minimum absolute atomic E-state index is 0.0529. The van der Waals surface area contributed by atoms with Crippen LogP contribution in [0.1, 0.15) is 6.42 Å². The molecule has 1 saturated heterocycles. The molecule has 182 valence electrons. The molecule has 0 spiro atoms. The van der Waals surface area contributed by atoms with Crippen LogP contribution in [0.15, 0.2) is 78.3 Å². The topological polar surface area (TPSA) is 139 Å². The summed E-state index contributed by atoms with van der Waals surface area (Å²) in [6, 6.07) is 17.7. The number of benzene rings is 2. The Balaban J connectivity index is 1.28. The Morgan fingerprint density at radius 3 is 2.33 bits per heavy atom. The lowest BCUT2D eigenvalue weighted by atomic mass is 10.0. The molecule has 0 radical (unpaired) electrons. The minimum atomic E-state index is -0.274. The van der Waals surface area contributed by atoms with Crippen LogP contribution in [0.3, 0.4) is 0 Å². The van der Waals surface area contributed by atoms with Crippen molar-refractivity contribution in [1.29, 1.82) is 0 Å². The number of pyridine rings is 1. The Labute approximate surface area is 208 Å². The fraction of sp³-hybridized carbons (Fsp3) is 0.192. The molecule has 0 bridgehead atoms. The molecule has 2 aromatic carbocycles. The van der Waals surface area contributed by atoms with Crippen molar-refractivity contribution in [1.82, 2.24) is 15.0 Å². The molecule has 3 heterocycles. The first kappa shape index (κ1) is 23.0. The van der Waals surface area contributed by atoms with Gasteiger partial charge in [0.2, 0.25) is 5.91 Å². The van der Waals surface area contributed by atoms with E-state index in [9.17, 15) is 4.79 Å². The normalized spacial score (nSPS) is 14.2. The summed E-state index contributed by atoms with van der Waals surface area (Å²) in [7, 11) is 0. The number of amides is 1. The molecule has 0 atom stereocenters. The van der Waals surface area contributed by atoms with Gasteiger partial charge in [-0.05, 0) is 47.5 Å². The van der Waals surface area contributed by atoms with Gasteiger partial charge in [0.05, 0.1) is 23.7 Å². The van der Waals surface area contributed by atoms with Crippen molar-refractivity contribution in [2.45, 2.75) is 6.42 Å². The lowest BCUT2D eigenvalue weighted by Crippen LogP contribution is -2.46. The zero-order valence-corrected chi connectivity index (χ0v) is 19.7. The van der Waals surface area contributed by atoms with Crippen molar-refractivity contribution in [3.05, 3.63) is 73.2 Å². The summed E-state index contributed by atoms with van der Waals surface area (Å²) >= 11 is 0. The number of hydrogen-bond acceptors (Lipinski definition) is 8. The predicted octanol–water partition coefficient (Wildman–Crippen LogP) is 2.58. The van der Waals surface area contributed by atoms with E-state index in [0.29, 0.717) is 5.69 Å². The van der Waals surface area contributed by atoms with Crippen LogP contribution in [-0.2, 0) is 4.79 Å². The van der Waals surface area contributed by atoms with Gasteiger partial charge in [0, 0.05) is 49.9 Å². The average Bonchev–Trinajstić information content (AvgIpc) is 2.93. The Kier molecular flexibility index (Phi) is 6.57. The molecule has 36 heavy (non-hydrogen) atoms. The monoisotopic (exact) mass is 481 g/mol. The van der Waals surface area contributed by atoms with Gasteiger partial charge in [-0.2, -0.15) is 5.10 Å². The standard InChI is InChI=1S/C26H27N9O/c27-24(33-28)16-26(36)31-20-4-1-18(2-5-20)19-3-6-22-23(15-19)32-25(17-30-22)35-13-11-34(12-14-35)21-7-9-29-10-8-21/h1-10,15,17H,11-14,16,28H2,(H2,27,33)(H,31,36). The average molecular weight is 482 g/mol. The summed E-state index contributed by atoms with van der Waals surface area (Å²) < 4.78 is 0. The number of carbonyl (C=O) groups excluding carboxylic acids is 1. The van der Waals surface area contributed by atoms with Crippen LogP contribution < -0.4 is 26.7 Å². The highest BCUT2D eigenvalue weighted by molar-refractivity contribution is 6.05. The third-order valence-corrected chi connectivity index (χ3v) is 6.17. The highest BCUT2D eigenvalue weighted by Crippen LogP contribution is 2.26. The molecule has 1 fully saturated rings. The maximum absolute atomic E-state index is 12.0. The molecular weight excluding hydrogens is 454 g/mol. The predicted molar refractivity (Wildman–Crippen MR) is 143 cm³/mol. The van der Waals surface area contributed by atoms with Crippen LogP contribution in [0.2, 0.25) is 0 Å². The van der Waals surface area contributed by atoms with Crippen molar-refractivity contribution >= 4 is 40.0 Å². The summed E-state index contributed by atoms with van der Waals surface area (Å²) in [4.78, 5) is 30.3. The third-order valence-electron chi connectivity index (χ3n) is 6.17. The molecule has 0 unspecified atom stereocenters. The zero-order chi connectivity index (χ0) is 24.9. The lowest BCUT2D eigenvalue weighted by Gasteiger charge is -2.36. The third kappa shape index (κ3) is 5.17. The van der Waals surface area contributed by atoms with Crippen LogP contribution in [0.5, 0.6) is 0 Å². The second-order valence-electron chi connectivity index (χ2n) is 8.53. The number of amidine groups is 1. The Morgan fingerprint density at radius 1 is 0.917 bits per heavy atom. The zero-order valence-electron chi connectivity index (χ0n) is 19.7. The summed E-state index contributed by atoms with van der Waals surface area (Å²) in [5, 5.41) is 6.10. The number of nitrogens with two attached hydrogens (primary N) is 2. The van der Waals surface area contributed by atoms with Crippen molar-refractivity contribution < 1.29 is 4.79 Å². The fourth-order valence-corrected chi connectivity index (χ4v) is 4.24. The highest BCUT2D eigenvalue weighted by atomic mass is 16.1. The molecular formula is C26H27N9O. The van der Waals surface area contributed by atoms with Crippen molar-refractivity contribution in [2.24, 2.45) is 16.7 Å². The molecule has 4 aromatic rings. The van der Waals surface area contributed by atoms with Gasteiger partial charge in [-0.15, -0.1) is 0 Å². The summed E-state index contributed by atoms with van der Waals surface area (Å²) in [5.41, 5.74) is 11.1. The molecule has 10 nitrogen and oxygen atoms in total. The van der Waals surface area contributed by atoms with Crippen molar-refractivity contribution in [2.75, 3.05) is 41.3 Å². The summed E-state index contributed by atoms with van der Waals surface area (Å²) in [6.07, 6.45) is 5.45. The first-order chi connectivity index (χ1) is 17.6. The Hall–Kier alpha value is -4.73. The number of piperazine rings is 1. The number of anilines is 3. The minimum Gasteiger partial charge on any atom is -0.385 e. The number of nitrogens with zero attached hydrogens (tertiary/aromatic N) is 6. The highest BCUT2D eigenvalue weighted by Gasteiger charge is 2.19. The maximum Gasteiger partial charge on any atom is 0.232 e. The van der Waals surface area contributed by atoms with Crippen molar-refractivity contribution in [3.8, 4) is 11.1 Å². The molecule has 1 amide bonds. The van der Waals surface area contributed by atoms with Crippen LogP contribution in [-0.4, -0.2) is 52.9 Å². The van der Waals surface area contributed by atoms with E-state index in [4.69, 9.17) is 16.6 Å². The van der Waals surface area contributed by atoms with E-state index in [1.54, 1.807) is 0 Å². The smallest absolute Gasteiger partial charge is 0.232 e. The number of hydrazone groups is 1. The maximum atomic E-state index is 12.0. The van der Waals surface area contributed by atoms with E-state index in [1.165, 1.54) is 5.69 Å². The number of carbonyl (C=O) groups is 1. The Bertz CT molecular complexity index is 1380. The van der Waals surface area contributed by atoms with E-state index < -0.39 is 0 Å². The second-order valence-corrected chi connectivity index (χ2v) is 8.53. The SMILES string of the molecule is NN=C(N)CC(=O)Nc1ccc(-c2ccc3ncc(N4CCN(c5ccncc5)CC4)nc3c2)cc1. The van der Waals surface area contributed by atoms with Crippen LogP contribution in [0.25, 0.3) is 22.2 Å². The van der Waals surface area contributed by atoms with E-state index in [2.05, 4.69) is 30.2 Å². The lowest BCUT2D eigenvalue weighted by molar-refractivity contribution is -0.115. The number of hydrogen-bond donors (Lipinski definition) is 3. The Morgan fingerprint density at radius 2 is 1.61 bits per heavy atom. The van der Waals surface area contributed by atoms with Gasteiger partial charge < -0.3 is 26.7 Å². The van der Waals surface area contributed by atoms with E-state index >= 15 is 0 Å². The molecule has 10 heteroatoms. The first-order valence-corrected chi connectivity index (χ1v) is 11.7. The van der Waals surface area contributed by atoms with Gasteiger partial charge in [-0.3, -0.25) is 14.8 Å². The molecule has 0 saturated carbocycles. The van der Waals surface area contributed by atoms with Gasteiger partial charge >= 0.3 is 0 Å². The summed E-state index contributed by atoms with van der Waals surface area (Å²) in [6.45, 7) is 3.58. The fourth-order valence-electron chi connectivity index (χ4n) is 4.24. The molecule has 5 N–H and O–H groups in total. The number of nitrogens with one attached hydrogen (secondary N) is 1. The van der Waals surface area contributed by atoms with Gasteiger partial charge in [-0.1, -0.05) is 18.2 Å². The number of rotatable bonds is 6. The number of fused-ring (bicyclic) bond motifs is 1. The van der Waals surface area contributed by atoms with Gasteiger partial charge in [0.1, 0.15) is 11.7 Å². The quantitative estimate of drug-likeness (QED) is 0.165. The largest absolute Gasteiger partial charge is 0.385 e. The van der Waals surface area contributed by atoms with E-state index in [0.717, 1.165) is 54.2 Å². The molecule has 2 aromatic heterocycles. The van der Waals surface area contributed by atoms with Crippen LogP contribution in [0, 0.1) is 0 Å². The second kappa shape index (κ2) is 10.3. The first-order valence-electron chi connectivity index (χ1n) is 11.7. The van der Waals surface area contributed by atoms with E-state index in [-0.39, 0.29) is 18.2 Å². The van der Waals surface area contributed by atoms with Gasteiger partial charge in [0.15, 0.2) is 0 Å². The number of aromatic nitrogens is 3. The molecule has 1 aliphatic rings. The molecule has 1 aliphatic heterocycles. The van der Waals surface area contributed by atoms with Crippen molar-refractivity contribution in [3.63, 3.8) is 0 Å². The van der Waals surface area contributed by atoms with Gasteiger partial charge in [0.25, 0.3) is 0 Å². The van der Waals surface area contributed by atoms with E-state index in [1.807, 2.05) is 73.2 Å². The van der Waals surface area contributed by atoms with Crippen LogP contribution >= 0.6 is 0 Å². The summed E-state index contributed by atoms with van der Waals surface area (Å²) in [5.74, 6) is 5.77. The van der Waals surface area contributed by atoms with Crippen LogP contribution in [0.4, 0.5) is 17.2 Å². The van der Waals surface area contributed by atoms with Gasteiger partial charge in [-0.25, -0.2) is 4.98 Å².